The normalized spacial score (nSPS) is 9.65. The summed E-state index contributed by atoms with van der Waals surface area (Å²) >= 11 is 3.42. The van der Waals surface area contributed by atoms with Gasteiger partial charge in [0.2, 0.25) is 0 Å². The Hall–Kier alpha value is -1.93. The number of hydrogen-bond donors (Lipinski definition) is 0. The van der Waals surface area contributed by atoms with Crippen molar-refractivity contribution in [2.75, 3.05) is 0 Å². The first-order chi connectivity index (χ1) is 8.31. The van der Waals surface area contributed by atoms with Gasteiger partial charge in [0.25, 0.3) is 5.88 Å². The summed E-state index contributed by atoms with van der Waals surface area (Å²) in [7, 11) is 0. The van der Waals surface area contributed by atoms with E-state index in [4.69, 9.17) is 10.00 Å². The third-order valence-corrected chi connectivity index (χ3v) is 2.90. The van der Waals surface area contributed by atoms with Gasteiger partial charge in [0, 0.05) is 10.0 Å². The van der Waals surface area contributed by atoms with Crippen LogP contribution in [0, 0.1) is 11.3 Å². The predicted octanol–water partition coefficient (Wildman–Crippen LogP) is 2.69. The van der Waals surface area contributed by atoms with Crippen LogP contribution in [0.15, 0.2) is 41.0 Å². The van der Waals surface area contributed by atoms with Gasteiger partial charge in [0.1, 0.15) is 18.2 Å². The fourth-order valence-electron chi connectivity index (χ4n) is 1.27. The summed E-state index contributed by atoms with van der Waals surface area (Å²) in [4.78, 5) is 0. The van der Waals surface area contributed by atoms with Crippen molar-refractivity contribution in [1.29, 1.82) is 5.26 Å². The molecule has 0 saturated carbocycles. The van der Waals surface area contributed by atoms with Crippen LogP contribution in [0.3, 0.4) is 0 Å². The van der Waals surface area contributed by atoms with Crippen LogP contribution >= 0.6 is 15.9 Å². The molecular formula is C12H8BrN3O. The molecule has 0 radical (unpaired) electrons. The van der Waals surface area contributed by atoms with E-state index >= 15 is 0 Å². The zero-order chi connectivity index (χ0) is 12.1. The van der Waals surface area contributed by atoms with Crippen LogP contribution in [0.5, 0.6) is 5.88 Å². The van der Waals surface area contributed by atoms with Crippen molar-refractivity contribution in [3.05, 3.63) is 52.1 Å². The highest BCUT2D eigenvalue weighted by Gasteiger charge is 2.06. The minimum absolute atomic E-state index is 0.255. The lowest BCUT2D eigenvalue weighted by Crippen LogP contribution is -2.00. The van der Waals surface area contributed by atoms with Gasteiger partial charge in [-0.25, -0.2) is 0 Å². The minimum atomic E-state index is 0.255. The summed E-state index contributed by atoms with van der Waals surface area (Å²) in [6, 6.07) is 11.3. The van der Waals surface area contributed by atoms with Gasteiger partial charge in [-0.05, 0) is 12.1 Å². The van der Waals surface area contributed by atoms with Gasteiger partial charge >= 0.3 is 0 Å². The van der Waals surface area contributed by atoms with Crippen LogP contribution in [0.4, 0.5) is 0 Å². The van der Waals surface area contributed by atoms with Gasteiger partial charge in [0.15, 0.2) is 0 Å². The van der Waals surface area contributed by atoms with Crippen molar-refractivity contribution in [2.24, 2.45) is 0 Å². The Morgan fingerprint density at radius 2 is 2.12 bits per heavy atom. The van der Waals surface area contributed by atoms with Crippen molar-refractivity contribution in [3.63, 3.8) is 0 Å². The van der Waals surface area contributed by atoms with Gasteiger partial charge in [-0.3, -0.25) is 0 Å². The quantitative estimate of drug-likeness (QED) is 0.872. The number of nitriles is 1. The van der Waals surface area contributed by atoms with Crippen molar-refractivity contribution < 1.29 is 4.74 Å². The Kier molecular flexibility index (Phi) is 3.68. The van der Waals surface area contributed by atoms with Crippen molar-refractivity contribution in [1.82, 2.24) is 10.2 Å². The Balaban J connectivity index is 2.13. The Morgan fingerprint density at radius 1 is 1.29 bits per heavy atom. The Labute approximate surface area is 107 Å². The Morgan fingerprint density at radius 3 is 2.88 bits per heavy atom. The van der Waals surface area contributed by atoms with Gasteiger partial charge < -0.3 is 4.74 Å². The van der Waals surface area contributed by atoms with E-state index in [1.807, 2.05) is 30.3 Å². The largest absolute Gasteiger partial charge is 0.471 e. The highest BCUT2D eigenvalue weighted by Crippen LogP contribution is 2.19. The molecule has 0 saturated heterocycles. The lowest BCUT2D eigenvalue weighted by Gasteiger charge is -2.06. The molecule has 5 heteroatoms. The summed E-state index contributed by atoms with van der Waals surface area (Å²) < 4.78 is 6.43. The topological polar surface area (TPSA) is 58.8 Å². The molecule has 4 nitrogen and oxygen atoms in total. The van der Waals surface area contributed by atoms with Crippen LogP contribution in [-0.2, 0) is 6.61 Å². The maximum Gasteiger partial charge on any atom is 0.251 e. The number of nitrogens with zero attached hydrogens (tertiary/aromatic N) is 3. The van der Waals surface area contributed by atoms with E-state index in [2.05, 4.69) is 26.1 Å². The molecule has 1 aromatic heterocycles. The molecule has 0 spiro atoms. The summed E-state index contributed by atoms with van der Waals surface area (Å²) in [6.45, 7) is 0.342. The molecule has 0 amide bonds. The SMILES string of the molecule is N#Cc1ccnnc1OCc1ccccc1Br. The second-order valence-corrected chi connectivity index (χ2v) is 4.10. The standard InChI is InChI=1S/C12H8BrN3O/c13-11-4-2-1-3-10(11)8-17-12-9(7-14)5-6-15-16-12/h1-6H,8H2. The third-order valence-electron chi connectivity index (χ3n) is 2.13. The molecule has 84 valence electrons. The molecule has 1 heterocycles. The zero-order valence-electron chi connectivity index (χ0n) is 8.80. The number of ether oxygens (including phenoxy) is 1. The average Bonchev–Trinajstić information content (AvgIpc) is 2.38. The number of benzene rings is 1. The summed E-state index contributed by atoms with van der Waals surface area (Å²) in [5.41, 5.74) is 1.37. The number of rotatable bonds is 3. The third kappa shape index (κ3) is 2.80. The van der Waals surface area contributed by atoms with Crippen LogP contribution in [0.25, 0.3) is 0 Å². The molecule has 0 bridgehead atoms. The highest BCUT2D eigenvalue weighted by molar-refractivity contribution is 9.10. The number of halogens is 1. The average molecular weight is 290 g/mol. The van der Waals surface area contributed by atoms with Gasteiger partial charge in [-0.15, -0.1) is 5.10 Å². The molecule has 0 fully saturated rings. The molecular weight excluding hydrogens is 282 g/mol. The van der Waals surface area contributed by atoms with Crippen LogP contribution in [0.1, 0.15) is 11.1 Å². The Bertz CT molecular complexity index is 566. The molecule has 0 N–H and O–H groups in total. The summed E-state index contributed by atoms with van der Waals surface area (Å²) in [5.74, 6) is 0.255. The van der Waals surface area contributed by atoms with E-state index in [1.54, 1.807) is 6.07 Å². The smallest absolute Gasteiger partial charge is 0.251 e. The van der Waals surface area contributed by atoms with Crippen molar-refractivity contribution in [2.45, 2.75) is 6.61 Å². The molecule has 1 aromatic carbocycles. The second-order valence-electron chi connectivity index (χ2n) is 3.24. The molecule has 2 rings (SSSR count). The van der Waals surface area contributed by atoms with Crippen molar-refractivity contribution in [3.8, 4) is 11.9 Å². The van der Waals surface area contributed by atoms with E-state index < -0.39 is 0 Å². The first-order valence-corrected chi connectivity index (χ1v) is 5.68. The molecule has 0 aliphatic heterocycles. The number of hydrogen-bond acceptors (Lipinski definition) is 4. The van der Waals surface area contributed by atoms with E-state index in [-0.39, 0.29) is 5.88 Å². The fourth-order valence-corrected chi connectivity index (χ4v) is 1.67. The van der Waals surface area contributed by atoms with Crippen molar-refractivity contribution >= 4 is 15.9 Å². The van der Waals surface area contributed by atoms with Gasteiger partial charge in [0.05, 0.1) is 6.20 Å². The van der Waals surface area contributed by atoms with Crippen LogP contribution in [0.2, 0.25) is 0 Å². The molecule has 0 aliphatic carbocycles. The van der Waals surface area contributed by atoms with E-state index in [0.717, 1.165) is 10.0 Å². The molecule has 2 aromatic rings. The monoisotopic (exact) mass is 289 g/mol. The molecule has 0 aliphatic rings. The summed E-state index contributed by atoms with van der Waals surface area (Å²) in [5, 5.41) is 16.3. The lowest BCUT2D eigenvalue weighted by atomic mass is 10.2. The second kappa shape index (κ2) is 5.41. The maximum absolute atomic E-state index is 8.86. The molecule has 0 atom stereocenters. The zero-order valence-corrected chi connectivity index (χ0v) is 10.4. The number of aromatic nitrogens is 2. The fraction of sp³-hybridized carbons (Fsp3) is 0.0833. The van der Waals surface area contributed by atoms with Crippen LogP contribution in [-0.4, -0.2) is 10.2 Å². The lowest BCUT2D eigenvalue weighted by molar-refractivity contribution is 0.288. The van der Waals surface area contributed by atoms with Gasteiger partial charge in [-0.2, -0.15) is 10.4 Å². The van der Waals surface area contributed by atoms with Crippen LogP contribution < -0.4 is 4.74 Å². The minimum Gasteiger partial charge on any atom is -0.471 e. The maximum atomic E-state index is 8.86. The van der Waals surface area contributed by atoms with E-state index in [1.165, 1.54) is 6.20 Å². The van der Waals surface area contributed by atoms with Gasteiger partial charge in [-0.1, -0.05) is 34.1 Å². The molecule has 17 heavy (non-hydrogen) atoms. The first kappa shape index (κ1) is 11.6. The van der Waals surface area contributed by atoms with E-state index in [9.17, 15) is 0 Å². The molecule has 0 unspecified atom stereocenters. The predicted molar refractivity (Wildman–Crippen MR) is 65.2 cm³/mol. The van der Waals surface area contributed by atoms with E-state index in [0.29, 0.717) is 12.2 Å². The first-order valence-electron chi connectivity index (χ1n) is 4.89. The summed E-state index contributed by atoms with van der Waals surface area (Å²) in [6.07, 6.45) is 1.46. The highest BCUT2D eigenvalue weighted by atomic mass is 79.9.